The summed E-state index contributed by atoms with van der Waals surface area (Å²) >= 11 is 0. The lowest BCUT2D eigenvalue weighted by atomic mass is 9.91. The maximum Gasteiger partial charge on any atom is 0.118 e. The molecule has 0 radical (unpaired) electrons. The predicted molar refractivity (Wildman–Crippen MR) is 90.0 cm³/mol. The van der Waals surface area contributed by atoms with E-state index in [1.54, 1.807) is 6.20 Å². The zero-order valence-electron chi connectivity index (χ0n) is 13.8. The first-order chi connectivity index (χ1) is 10.5. The summed E-state index contributed by atoms with van der Waals surface area (Å²) in [6, 6.07) is 5.94. The highest BCUT2D eigenvalue weighted by Gasteiger charge is 2.20. The molecule has 1 aromatic heterocycles. The maximum absolute atomic E-state index is 9.92. The van der Waals surface area contributed by atoms with E-state index < -0.39 is 0 Å². The molecule has 120 valence electrons. The number of H-pyrrole nitrogens is 1. The fraction of sp³-hybridized carbons (Fsp3) is 0.500. The summed E-state index contributed by atoms with van der Waals surface area (Å²) in [6.45, 7) is 7.42. The first kappa shape index (κ1) is 16.6. The molecule has 0 aliphatic carbocycles. The van der Waals surface area contributed by atoms with E-state index in [4.69, 9.17) is 0 Å². The van der Waals surface area contributed by atoms with Gasteiger partial charge in [0.05, 0.1) is 0 Å². The number of aryl methyl sites for hydroxylation is 2. The molecule has 0 unspecified atom stereocenters. The first-order valence-electron chi connectivity index (χ1n) is 8.08. The number of phenolic OH excluding ortho intramolecular Hbond substituents is 1. The van der Waals surface area contributed by atoms with Crippen molar-refractivity contribution in [2.24, 2.45) is 0 Å². The molecule has 1 aromatic carbocycles. The second-order valence-electron chi connectivity index (χ2n) is 6.28. The van der Waals surface area contributed by atoms with Crippen LogP contribution in [0.2, 0.25) is 0 Å². The summed E-state index contributed by atoms with van der Waals surface area (Å²) in [5.41, 5.74) is 2.14. The lowest BCUT2D eigenvalue weighted by Crippen LogP contribution is -2.37. The van der Waals surface area contributed by atoms with Gasteiger partial charge in [-0.15, -0.1) is 0 Å². The van der Waals surface area contributed by atoms with Gasteiger partial charge in [0.25, 0.3) is 0 Å². The lowest BCUT2D eigenvalue weighted by Gasteiger charge is -2.28. The number of aromatic nitrogens is 2. The molecule has 1 heterocycles. The van der Waals surface area contributed by atoms with Gasteiger partial charge in [-0.25, -0.2) is 4.98 Å². The summed E-state index contributed by atoms with van der Waals surface area (Å²) in [6.07, 6.45) is 7.59. The van der Waals surface area contributed by atoms with E-state index in [0.717, 1.165) is 43.6 Å². The van der Waals surface area contributed by atoms with Crippen LogP contribution < -0.4 is 5.32 Å². The molecular weight excluding hydrogens is 274 g/mol. The maximum atomic E-state index is 9.92. The standard InChI is InChI=1S/C18H27N3O/c1-4-6-14-13-15(8-9-16(14)22)18(2,3)21-10-5-7-17-19-11-12-20-17/h8-9,11-13,21-22H,4-7,10H2,1-3H3,(H,19,20). The second kappa shape index (κ2) is 7.45. The number of hydrogen-bond donors (Lipinski definition) is 3. The molecule has 0 aliphatic heterocycles. The summed E-state index contributed by atoms with van der Waals surface area (Å²) < 4.78 is 0. The molecule has 2 rings (SSSR count). The zero-order chi connectivity index (χ0) is 16.0. The number of imidazole rings is 1. The van der Waals surface area contributed by atoms with Gasteiger partial charge in [-0.2, -0.15) is 0 Å². The van der Waals surface area contributed by atoms with Crippen LogP contribution >= 0.6 is 0 Å². The van der Waals surface area contributed by atoms with Crippen LogP contribution in [-0.2, 0) is 18.4 Å². The van der Waals surface area contributed by atoms with Crippen molar-refractivity contribution >= 4 is 0 Å². The van der Waals surface area contributed by atoms with E-state index in [-0.39, 0.29) is 5.54 Å². The van der Waals surface area contributed by atoms with Gasteiger partial charge in [-0.05, 0) is 50.4 Å². The number of aromatic hydroxyl groups is 1. The van der Waals surface area contributed by atoms with Crippen molar-refractivity contribution in [1.29, 1.82) is 0 Å². The summed E-state index contributed by atoms with van der Waals surface area (Å²) in [5, 5.41) is 13.5. The van der Waals surface area contributed by atoms with Crippen LogP contribution in [0, 0.1) is 0 Å². The van der Waals surface area contributed by atoms with Crippen LogP contribution in [0.25, 0.3) is 0 Å². The minimum Gasteiger partial charge on any atom is -0.508 e. The lowest BCUT2D eigenvalue weighted by molar-refractivity contribution is 0.397. The normalized spacial score (nSPS) is 11.8. The van der Waals surface area contributed by atoms with E-state index in [0.29, 0.717) is 5.75 Å². The number of rotatable bonds is 8. The highest BCUT2D eigenvalue weighted by atomic mass is 16.3. The van der Waals surface area contributed by atoms with Crippen LogP contribution in [0.4, 0.5) is 0 Å². The fourth-order valence-electron chi connectivity index (χ4n) is 2.64. The third kappa shape index (κ3) is 4.34. The molecule has 0 bridgehead atoms. The molecule has 0 fully saturated rings. The number of hydrogen-bond acceptors (Lipinski definition) is 3. The Morgan fingerprint density at radius 3 is 2.77 bits per heavy atom. The molecule has 0 atom stereocenters. The molecule has 0 aliphatic rings. The van der Waals surface area contributed by atoms with E-state index in [2.05, 4.69) is 42.1 Å². The average molecular weight is 301 g/mol. The van der Waals surface area contributed by atoms with Gasteiger partial charge < -0.3 is 15.4 Å². The molecular formula is C18H27N3O. The second-order valence-corrected chi connectivity index (χ2v) is 6.28. The monoisotopic (exact) mass is 301 g/mol. The summed E-state index contributed by atoms with van der Waals surface area (Å²) in [7, 11) is 0. The molecule has 22 heavy (non-hydrogen) atoms. The smallest absolute Gasteiger partial charge is 0.118 e. The van der Waals surface area contributed by atoms with E-state index >= 15 is 0 Å². The number of nitrogens with zero attached hydrogens (tertiary/aromatic N) is 1. The Morgan fingerprint density at radius 2 is 2.09 bits per heavy atom. The SMILES string of the molecule is CCCc1cc(C(C)(C)NCCCc2ncc[nH]2)ccc1O. The Labute approximate surface area is 133 Å². The Bertz CT molecular complexity index is 576. The minimum atomic E-state index is -0.112. The van der Waals surface area contributed by atoms with Crippen molar-refractivity contribution < 1.29 is 5.11 Å². The Kier molecular flexibility index (Phi) is 5.61. The van der Waals surface area contributed by atoms with Crippen LogP contribution in [-0.4, -0.2) is 21.6 Å². The third-order valence-corrected chi connectivity index (χ3v) is 4.03. The quantitative estimate of drug-likeness (QED) is 0.654. The van der Waals surface area contributed by atoms with Gasteiger partial charge in [0, 0.05) is 24.4 Å². The van der Waals surface area contributed by atoms with Crippen molar-refractivity contribution in [3.63, 3.8) is 0 Å². The van der Waals surface area contributed by atoms with E-state index in [1.165, 1.54) is 5.56 Å². The van der Waals surface area contributed by atoms with Crippen LogP contribution in [0.15, 0.2) is 30.6 Å². The summed E-state index contributed by atoms with van der Waals surface area (Å²) in [5.74, 6) is 1.44. The molecule has 0 spiro atoms. The Balaban J connectivity index is 1.92. The van der Waals surface area contributed by atoms with Crippen LogP contribution in [0.3, 0.4) is 0 Å². The number of nitrogens with one attached hydrogen (secondary N) is 2. The van der Waals surface area contributed by atoms with Crippen molar-refractivity contribution in [2.45, 2.75) is 52.0 Å². The molecule has 4 heteroatoms. The molecule has 0 saturated heterocycles. The van der Waals surface area contributed by atoms with Gasteiger partial charge in [-0.1, -0.05) is 25.5 Å². The van der Waals surface area contributed by atoms with Gasteiger partial charge >= 0.3 is 0 Å². The molecule has 3 N–H and O–H groups in total. The topological polar surface area (TPSA) is 60.9 Å². The van der Waals surface area contributed by atoms with Gasteiger partial charge in [0.2, 0.25) is 0 Å². The predicted octanol–water partition coefficient (Wildman–Crippen LogP) is 3.53. The molecule has 4 nitrogen and oxygen atoms in total. The summed E-state index contributed by atoms with van der Waals surface area (Å²) in [4.78, 5) is 7.37. The average Bonchev–Trinajstić information content (AvgIpc) is 2.99. The highest BCUT2D eigenvalue weighted by molar-refractivity contribution is 5.38. The van der Waals surface area contributed by atoms with Crippen molar-refractivity contribution in [2.75, 3.05) is 6.54 Å². The van der Waals surface area contributed by atoms with Crippen molar-refractivity contribution in [3.05, 3.63) is 47.5 Å². The van der Waals surface area contributed by atoms with E-state index in [1.807, 2.05) is 18.3 Å². The number of aromatic amines is 1. The van der Waals surface area contributed by atoms with E-state index in [9.17, 15) is 5.11 Å². The van der Waals surface area contributed by atoms with Crippen molar-refractivity contribution in [3.8, 4) is 5.75 Å². The number of benzene rings is 1. The van der Waals surface area contributed by atoms with Gasteiger partial charge in [0.15, 0.2) is 0 Å². The first-order valence-corrected chi connectivity index (χ1v) is 8.08. The van der Waals surface area contributed by atoms with Gasteiger partial charge in [-0.3, -0.25) is 0 Å². The third-order valence-electron chi connectivity index (χ3n) is 4.03. The molecule has 0 saturated carbocycles. The van der Waals surface area contributed by atoms with Crippen LogP contribution in [0.1, 0.15) is 50.6 Å². The number of phenols is 1. The minimum absolute atomic E-state index is 0.112. The molecule has 0 amide bonds. The zero-order valence-corrected chi connectivity index (χ0v) is 13.8. The van der Waals surface area contributed by atoms with Gasteiger partial charge in [0.1, 0.15) is 11.6 Å². The Hall–Kier alpha value is -1.81. The Morgan fingerprint density at radius 1 is 1.27 bits per heavy atom. The molecule has 2 aromatic rings. The van der Waals surface area contributed by atoms with Crippen molar-refractivity contribution in [1.82, 2.24) is 15.3 Å². The fourth-order valence-corrected chi connectivity index (χ4v) is 2.64. The van der Waals surface area contributed by atoms with Crippen LogP contribution in [0.5, 0.6) is 5.75 Å². The highest BCUT2D eigenvalue weighted by Crippen LogP contribution is 2.27. The largest absolute Gasteiger partial charge is 0.508 e.